The number of nitrogens with zero attached hydrogens (tertiary/aromatic N) is 5. The van der Waals surface area contributed by atoms with E-state index in [0.29, 0.717) is 17.3 Å². The average Bonchev–Trinajstić information content (AvgIpc) is 3.60. The van der Waals surface area contributed by atoms with E-state index in [0.717, 1.165) is 49.5 Å². The predicted octanol–water partition coefficient (Wildman–Crippen LogP) is 5.61. The predicted molar refractivity (Wildman–Crippen MR) is 146 cm³/mol. The highest BCUT2D eigenvalue weighted by Gasteiger charge is 2.14. The number of hydrogen-bond donors (Lipinski definition) is 3. The van der Waals surface area contributed by atoms with E-state index in [2.05, 4.69) is 35.7 Å². The number of H-pyrrole nitrogens is 2. The fourth-order valence-electron chi connectivity index (χ4n) is 4.62. The molecule has 0 bridgehead atoms. The number of aromatic nitrogens is 7. The van der Waals surface area contributed by atoms with E-state index in [1.807, 2.05) is 72.8 Å². The zero-order chi connectivity index (χ0) is 25.5. The second-order valence-electron chi connectivity index (χ2n) is 9.03. The molecular weight excluding hydrogens is 476 g/mol. The number of carbonyl (C=O) groups is 1. The maximum Gasteiger partial charge on any atom is 0.183 e. The molecule has 0 fully saturated rings. The Kier molecular flexibility index (Phi) is 5.11. The van der Waals surface area contributed by atoms with Crippen LogP contribution in [0.5, 0.6) is 0 Å². The Morgan fingerprint density at radius 3 is 2.82 bits per heavy atom. The van der Waals surface area contributed by atoms with Gasteiger partial charge in [-0.1, -0.05) is 30.3 Å². The Morgan fingerprint density at radius 2 is 1.84 bits per heavy atom. The first kappa shape index (κ1) is 21.8. The van der Waals surface area contributed by atoms with Gasteiger partial charge < -0.3 is 10.3 Å². The number of Topliss-reactive ketones (excluding diaryl/α,β-unsaturated/α-hetero) is 1. The number of carbonyl (C=O) groups excluding carboxylic acids is 1. The van der Waals surface area contributed by atoms with Crippen LogP contribution in [0.15, 0.2) is 91.4 Å². The Bertz CT molecular complexity index is 1970. The second kappa shape index (κ2) is 8.90. The molecule has 0 spiro atoms. The van der Waals surface area contributed by atoms with Crippen LogP contribution in [0.1, 0.15) is 16.1 Å². The van der Waals surface area contributed by atoms with E-state index in [1.54, 1.807) is 18.6 Å². The lowest BCUT2D eigenvalue weighted by molar-refractivity contribution is 0.0989. The summed E-state index contributed by atoms with van der Waals surface area (Å²) in [6, 6.07) is 23.2. The molecule has 9 nitrogen and oxygen atoms in total. The molecule has 7 aromatic rings. The van der Waals surface area contributed by atoms with Gasteiger partial charge in [-0.05, 0) is 48.0 Å². The van der Waals surface area contributed by atoms with Crippen LogP contribution in [0.4, 0.5) is 11.5 Å². The summed E-state index contributed by atoms with van der Waals surface area (Å²) in [6.07, 6.45) is 5.40. The van der Waals surface area contributed by atoms with Crippen LogP contribution in [-0.4, -0.2) is 41.1 Å². The van der Waals surface area contributed by atoms with Crippen molar-refractivity contribution in [1.29, 1.82) is 0 Å². The number of hydrogen-bond acceptors (Lipinski definition) is 7. The zero-order valence-corrected chi connectivity index (χ0v) is 20.0. The standard InChI is InChI=1S/C29H20N8O/c38-27(14-19-15-31-37-24-4-2-1-3-22(19)24)26-12-17-5-6-18(13-25(17)34-26)29-30-10-9-28(35-29)33-21-7-8-23-20(11-21)16-32-36-23/h1-13,15-16,34H,14H2,(H,32,36)(H,30,33,35). The van der Waals surface area contributed by atoms with Crippen molar-refractivity contribution in [3.05, 3.63) is 103 Å². The van der Waals surface area contributed by atoms with Crippen molar-refractivity contribution in [3.8, 4) is 11.4 Å². The topological polar surface area (TPSA) is 125 Å². The number of anilines is 2. The van der Waals surface area contributed by atoms with Gasteiger partial charge in [-0.2, -0.15) is 15.3 Å². The van der Waals surface area contributed by atoms with Gasteiger partial charge in [-0.15, -0.1) is 0 Å². The number of benzene rings is 3. The van der Waals surface area contributed by atoms with Gasteiger partial charge in [0.05, 0.1) is 29.1 Å². The maximum atomic E-state index is 13.1. The van der Waals surface area contributed by atoms with Crippen LogP contribution in [0, 0.1) is 0 Å². The van der Waals surface area contributed by atoms with Crippen LogP contribution < -0.4 is 5.32 Å². The van der Waals surface area contributed by atoms with E-state index in [-0.39, 0.29) is 12.2 Å². The summed E-state index contributed by atoms with van der Waals surface area (Å²) in [5, 5.41) is 21.4. The van der Waals surface area contributed by atoms with Crippen molar-refractivity contribution >= 4 is 50.0 Å². The van der Waals surface area contributed by atoms with Crippen molar-refractivity contribution < 1.29 is 4.79 Å². The third-order valence-corrected chi connectivity index (χ3v) is 6.53. The van der Waals surface area contributed by atoms with Gasteiger partial charge in [-0.25, -0.2) is 9.97 Å². The summed E-state index contributed by atoms with van der Waals surface area (Å²) >= 11 is 0. The normalized spacial score (nSPS) is 11.4. The number of aromatic amines is 2. The summed E-state index contributed by atoms with van der Waals surface area (Å²) in [5.74, 6) is 1.24. The molecule has 0 unspecified atom stereocenters. The maximum absolute atomic E-state index is 13.1. The smallest absolute Gasteiger partial charge is 0.183 e. The molecule has 3 N–H and O–H groups in total. The van der Waals surface area contributed by atoms with Crippen molar-refractivity contribution in [2.75, 3.05) is 5.32 Å². The Balaban J connectivity index is 1.14. The number of nitrogens with one attached hydrogen (secondary N) is 3. The van der Waals surface area contributed by atoms with Crippen molar-refractivity contribution in [2.24, 2.45) is 0 Å². The summed E-state index contributed by atoms with van der Waals surface area (Å²) in [5.41, 5.74) is 5.74. The lowest BCUT2D eigenvalue weighted by Gasteiger charge is -2.07. The van der Waals surface area contributed by atoms with Crippen LogP contribution in [-0.2, 0) is 6.42 Å². The molecule has 0 aliphatic heterocycles. The minimum absolute atomic E-state index is 0.0158. The lowest BCUT2D eigenvalue weighted by Crippen LogP contribution is -2.05. The highest BCUT2D eigenvalue weighted by atomic mass is 16.1. The van der Waals surface area contributed by atoms with Crippen LogP contribution >= 0.6 is 0 Å². The molecule has 38 heavy (non-hydrogen) atoms. The molecule has 0 saturated heterocycles. The van der Waals surface area contributed by atoms with Crippen molar-refractivity contribution in [2.45, 2.75) is 6.42 Å². The molecular formula is C29H20N8O. The van der Waals surface area contributed by atoms with Crippen LogP contribution in [0.25, 0.3) is 44.1 Å². The van der Waals surface area contributed by atoms with E-state index in [1.165, 1.54) is 0 Å². The quantitative estimate of drug-likeness (QED) is 0.255. The fourth-order valence-corrected chi connectivity index (χ4v) is 4.62. The molecule has 0 saturated carbocycles. The molecule has 3 aromatic carbocycles. The largest absolute Gasteiger partial charge is 0.352 e. The van der Waals surface area contributed by atoms with E-state index in [9.17, 15) is 4.79 Å². The Morgan fingerprint density at radius 1 is 0.895 bits per heavy atom. The van der Waals surface area contributed by atoms with Gasteiger partial charge in [0.2, 0.25) is 0 Å². The van der Waals surface area contributed by atoms with E-state index < -0.39 is 0 Å². The molecule has 7 rings (SSSR count). The molecule has 0 atom stereocenters. The fraction of sp³-hybridized carbons (Fsp3) is 0.0345. The summed E-state index contributed by atoms with van der Waals surface area (Å²) in [7, 11) is 0. The first-order chi connectivity index (χ1) is 18.7. The molecule has 4 aromatic heterocycles. The Labute approximate surface area is 216 Å². The van der Waals surface area contributed by atoms with Gasteiger partial charge in [0, 0.05) is 45.5 Å². The second-order valence-corrected chi connectivity index (χ2v) is 9.03. The zero-order valence-electron chi connectivity index (χ0n) is 20.0. The molecule has 9 heteroatoms. The highest BCUT2D eigenvalue weighted by molar-refractivity contribution is 6.02. The SMILES string of the molecule is O=C(Cc1cnnc2ccccc12)c1cc2ccc(-c3nccc(Nc4ccc5[nH]ncc5c4)n3)cc2[nH]1. The average molecular weight is 497 g/mol. The van der Waals surface area contributed by atoms with E-state index in [4.69, 9.17) is 4.98 Å². The van der Waals surface area contributed by atoms with Crippen LogP contribution in [0.2, 0.25) is 0 Å². The van der Waals surface area contributed by atoms with Crippen molar-refractivity contribution in [1.82, 2.24) is 35.3 Å². The summed E-state index contributed by atoms with van der Waals surface area (Å²) in [6.45, 7) is 0. The molecule has 182 valence electrons. The van der Waals surface area contributed by atoms with Crippen LogP contribution in [0.3, 0.4) is 0 Å². The van der Waals surface area contributed by atoms with E-state index >= 15 is 0 Å². The monoisotopic (exact) mass is 496 g/mol. The van der Waals surface area contributed by atoms with Gasteiger partial charge in [0.15, 0.2) is 11.6 Å². The highest BCUT2D eigenvalue weighted by Crippen LogP contribution is 2.26. The molecule has 0 radical (unpaired) electrons. The number of rotatable bonds is 6. The summed E-state index contributed by atoms with van der Waals surface area (Å²) in [4.78, 5) is 25.6. The molecule has 0 aliphatic carbocycles. The minimum Gasteiger partial charge on any atom is -0.352 e. The van der Waals surface area contributed by atoms with Gasteiger partial charge in [-0.3, -0.25) is 9.89 Å². The third kappa shape index (κ3) is 4.01. The Hall–Kier alpha value is -5.44. The molecule has 0 amide bonds. The third-order valence-electron chi connectivity index (χ3n) is 6.53. The van der Waals surface area contributed by atoms with Crippen molar-refractivity contribution in [3.63, 3.8) is 0 Å². The lowest BCUT2D eigenvalue weighted by atomic mass is 10.0. The number of fused-ring (bicyclic) bond motifs is 3. The molecule has 0 aliphatic rings. The van der Waals surface area contributed by atoms with Gasteiger partial charge in [0.1, 0.15) is 5.82 Å². The van der Waals surface area contributed by atoms with Gasteiger partial charge in [0.25, 0.3) is 0 Å². The van der Waals surface area contributed by atoms with Gasteiger partial charge >= 0.3 is 0 Å². The molecule has 4 heterocycles. The first-order valence-corrected chi connectivity index (χ1v) is 12.1. The number of ketones is 1. The first-order valence-electron chi connectivity index (χ1n) is 12.1. The minimum atomic E-state index is -0.0158. The summed E-state index contributed by atoms with van der Waals surface area (Å²) < 4.78 is 0.